The molecule has 0 N–H and O–H groups in total. The van der Waals surface area contributed by atoms with Gasteiger partial charge in [0.15, 0.2) is 0 Å². The number of nitrogens with zero attached hydrogens (tertiary/aromatic N) is 3. The fourth-order valence-corrected chi connectivity index (χ4v) is 5.41. The molecule has 0 bridgehead atoms. The van der Waals surface area contributed by atoms with E-state index in [0.717, 1.165) is 19.3 Å². The van der Waals surface area contributed by atoms with E-state index in [0.29, 0.717) is 38.4 Å². The lowest BCUT2D eigenvalue weighted by atomic mass is 9.97. The van der Waals surface area contributed by atoms with Crippen LogP contribution in [0, 0.1) is 16.0 Å². The van der Waals surface area contributed by atoms with E-state index in [2.05, 4.69) is 6.92 Å². The molecule has 0 spiro atoms. The number of nitro groups is 1. The summed E-state index contributed by atoms with van der Waals surface area (Å²) in [5.74, 6) is 0.465. The number of amides is 1. The molecule has 0 saturated carbocycles. The van der Waals surface area contributed by atoms with Gasteiger partial charge >= 0.3 is 0 Å². The van der Waals surface area contributed by atoms with Gasteiger partial charge in [0.1, 0.15) is 6.04 Å². The number of rotatable bonds is 4. The lowest BCUT2D eigenvalue weighted by molar-refractivity contribution is -0.384. The van der Waals surface area contributed by atoms with Crippen molar-refractivity contribution in [3.8, 4) is 0 Å². The van der Waals surface area contributed by atoms with Crippen LogP contribution >= 0.6 is 0 Å². The third-order valence-corrected chi connectivity index (χ3v) is 7.41. The highest BCUT2D eigenvalue weighted by Crippen LogP contribution is 2.28. The smallest absolute Gasteiger partial charge is 0.269 e. The predicted octanol–water partition coefficient (Wildman–Crippen LogP) is 2.40. The molecule has 2 heterocycles. The van der Waals surface area contributed by atoms with Crippen LogP contribution in [0.25, 0.3) is 0 Å². The number of carbonyl (C=O) groups excluding carboxylic acids is 1. The highest BCUT2D eigenvalue weighted by Gasteiger charge is 2.40. The van der Waals surface area contributed by atoms with Crippen LogP contribution in [0.1, 0.15) is 39.0 Å². The van der Waals surface area contributed by atoms with Crippen molar-refractivity contribution >= 4 is 21.6 Å². The molecule has 27 heavy (non-hydrogen) atoms. The Morgan fingerprint density at radius 3 is 2.30 bits per heavy atom. The van der Waals surface area contributed by atoms with Gasteiger partial charge in [-0.15, -0.1) is 0 Å². The SMILES string of the molecule is CC1CCN(C(=O)[C@H]2CCCCN2S(=O)(=O)c2ccc([N+](=O)[O-])cc2)CC1. The summed E-state index contributed by atoms with van der Waals surface area (Å²) in [7, 11) is -3.88. The van der Waals surface area contributed by atoms with E-state index in [9.17, 15) is 23.3 Å². The zero-order chi connectivity index (χ0) is 19.6. The molecule has 2 aliphatic heterocycles. The van der Waals surface area contributed by atoms with Gasteiger partial charge in [0, 0.05) is 31.8 Å². The summed E-state index contributed by atoms with van der Waals surface area (Å²) >= 11 is 0. The monoisotopic (exact) mass is 395 g/mol. The molecular weight excluding hydrogens is 370 g/mol. The van der Waals surface area contributed by atoms with Crippen LogP contribution in [0.15, 0.2) is 29.2 Å². The Labute approximate surface area is 159 Å². The topological polar surface area (TPSA) is 101 Å². The van der Waals surface area contributed by atoms with Crippen LogP contribution in [0.3, 0.4) is 0 Å². The molecule has 148 valence electrons. The van der Waals surface area contributed by atoms with Crippen LogP contribution in [-0.2, 0) is 14.8 Å². The molecule has 3 rings (SSSR count). The molecular formula is C18H25N3O5S. The third-order valence-electron chi connectivity index (χ3n) is 5.49. The summed E-state index contributed by atoms with van der Waals surface area (Å²) in [5, 5.41) is 10.8. The summed E-state index contributed by atoms with van der Waals surface area (Å²) in [6.45, 7) is 3.79. The van der Waals surface area contributed by atoms with Crippen molar-refractivity contribution < 1.29 is 18.1 Å². The predicted molar refractivity (Wildman–Crippen MR) is 99.6 cm³/mol. The molecule has 1 aromatic rings. The summed E-state index contributed by atoms with van der Waals surface area (Å²) in [5.41, 5.74) is -0.164. The van der Waals surface area contributed by atoms with Crippen LogP contribution < -0.4 is 0 Å². The van der Waals surface area contributed by atoms with Crippen LogP contribution in [0.2, 0.25) is 0 Å². The van der Waals surface area contributed by atoms with E-state index in [1.54, 1.807) is 4.90 Å². The van der Waals surface area contributed by atoms with Gasteiger partial charge < -0.3 is 4.90 Å². The van der Waals surface area contributed by atoms with Gasteiger partial charge in [0.25, 0.3) is 5.69 Å². The fourth-order valence-electron chi connectivity index (χ4n) is 3.75. The molecule has 1 atom stereocenters. The summed E-state index contributed by atoms with van der Waals surface area (Å²) in [6, 6.07) is 4.16. The molecule has 1 amide bonds. The Hall–Kier alpha value is -2.00. The first-order chi connectivity index (χ1) is 12.8. The van der Waals surface area contributed by atoms with Gasteiger partial charge in [-0.25, -0.2) is 8.42 Å². The number of benzene rings is 1. The second kappa shape index (κ2) is 7.93. The molecule has 2 aliphatic rings. The quantitative estimate of drug-likeness (QED) is 0.575. The Morgan fingerprint density at radius 2 is 1.70 bits per heavy atom. The number of non-ortho nitro benzene ring substituents is 1. The lowest BCUT2D eigenvalue weighted by Crippen LogP contribution is -2.54. The van der Waals surface area contributed by atoms with E-state index in [1.165, 1.54) is 28.6 Å². The van der Waals surface area contributed by atoms with Crippen molar-refractivity contribution in [1.29, 1.82) is 0 Å². The number of likely N-dealkylation sites (tertiary alicyclic amines) is 1. The molecule has 0 aromatic heterocycles. The number of hydrogen-bond acceptors (Lipinski definition) is 5. The average molecular weight is 395 g/mol. The van der Waals surface area contributed by atoms with Gasteiger partial charge in [0.05, 0.1) is 9.82 Å². The summed E-state index contributed by atoms with van der Waals surface area (Å²) < 4.78 is 27.5. The molecule has 1 aromatic carbocycles. The Morgan fingerprint density at radius 1 is 1.07 bits per heavy atom. The molecule has 0 radical (unpaired) electrons. The van der Waals surface area contributed by atoms with Crippen molar-refractivity contribution in [1.82, 2.24) is 9.21 Å². The molecule has 0 aliphatic carbocycles. The van der Waals surface area contributed by atoms with Gasteiger partial charge in [-0.3, -0.25) is 14.9 Å². The van der Waals surface area contributed by atoms with Crippen molar-refractivity contribution in [3.05, 3.63) is 34.4 Å². The minimum Gasteiger partial charge on any atom is -0.341 e. The van der Waals surface area contributed by atoms with Crippen LogP contribution in [0.5, 0.6) is 0 Å². The van der Waals surface area contributed by atoms with E-state index in [4.69, 9.17) is 0 Å². The Bertz CT molecular complexity index is 801. The van der Waals surface area contributed by atoms with Crippen molar-refractivity contribution in [2.24, 2.45) is 5.92 Å². The zero-order valence-corrected chi connectivity index (χ0v) is 16.2. The standard InChI is InChI=1S/C18H25N3O5S/c1-14-9-12-19(13-10-14)18(22)17-4-2-3-11-20(17)27(25,26)16-7-5-15(6-8-16)21(23)24/h5-8,14,17H,2-4,9-13H2,1H3/t17-/m1/s1. The second-order valence-electron chi connectivity index (χ2n) is 7.39. The van der Waals surface area contributed by atoms with Crippen molar-refractivity contribution in [2.45, 2.75) is 50.0 Å². The highest BCUT2D eigenvalue weighted by molar-refractivity contribution is 7.89. The number of piperidine rings is 2. The maximum absolute atomic E-state index is 13.1. The minimum absolute atomic E-state index is 0.0138. The fraction of sp³-hybridized carbons (Fsp3) is 0.611. The summed E-state index contributed by atoms with van der Waals surface area (Å²) in [4.78, 5) is 25.0. The maximum atomic E-state index is 13.1. The van der Waals surface area contributed by atoms with E-state index in [-0.39, 0.29) is 16.5 Å². The van der Waals surface area contributed by atoms with E-state index >= 15 is 0 Å². The number of nitro benzene ring substituents is 1. The molecule has 2 saturated heterocycles. The number of hydrogen-bond donors (Lipinski definition) is 0. The van der Waals surface area contributed by atoms with Crippen molar-refractivity contribution in [3.63, 3.8) is 0 Å². The second-order valence-corrected chi connectivity index (χ2v) is 9.28. The first kappa shape index (κ1) is 19.8. The first-order valence-corrected chi connectivity index (χ1v) is 10.8. The lowest BCUT2D eigenvalue weighted by Gasteiger charge is -2.38. The van der Waals surface area contributed by atoms with E-state index in [1.807, 2.05) is 0 Å². The zero-order valence-electron chi connectivity index (χ0n) is 15.4. The van der Waals surface area contributed by atoms with E-state index < -0.39 is 21.0 Å². The molecule has 0 unspecified atom stereocenters. The molecule has 9 heteroatoms. The van der Waals surface area contributed by atoms with Crippen LogP contribution in [0.4, 0.5) is 5.69 Å². The number of sulfonamides is 1. The largest absolute Gasteiger partial charge is 0.341 e. The highest BCUT2D eigenvalue weighted by atomic mass is 32.2. The van der Waals surface area contributed by atoms with Gasteiger partial charge in [-0.1, -0.05) is 13.3 Å². The number of carbonyl (C=O) groups is 1. The third kappa shape index (κ3) is 4.14. The van der Waals surface area contributed by atoms with Crippen molar-refractivity contribution in [2.75, 3.05) is 19.6 Å². The van der Waals surface area contributed by atoms with Gasteiger partial charge in [-0.2, -0.15) is 4.31 Å². The summed E-state index contributed by atoms with van der Waals surface area (Å²) in [6.07, 6.45) is 3.90. The normalized spacial score (nSPS) is 22.6. The first-order valence-electron chi connectivity index (χ1n) is 9.36. The minimum atomic E-state index is -3.88. The van der Waals surface area contributed by atoms with Gasteiger partial charge in [0.2, 0.25) is 15.9 Å². The Kier molecular flexibility index (Phi) is 5.81. The molecule has 8 nitrogen and oxygen atoms in total. The molecule has 2 fully saturated rings. The maximum Gasteiger partial charge on any atom is 0.269 e. The van der Waals surface area contributed by atoms with Crippen LogP contribution in [-0.4, -0.2) is 54.1 Å². The average Bonchev–Trinajstić information content (AvgIpc) is 2.68. The Balaban J connectivity index is 1.83. The van der Waals surface area contributed by atoms with Gasteiger partial charge in [-0.05, 0) is 43.7 Å².